The van der Waals surface area contributed by atoms with E-state index in [9.17, 15) is 8.42 Å². The molecule has 4 aliphatic rings. The Kier molecular flexibility index (Phi) is 1.39. The molecule has 0 aromatic rings. The zero-order valence-corrected chi connectivity index (χ0v) is 10.8. The van der Waals surface area contributed by atoms with E-state index in [1.54, 1.807) is 0 Å². The zero-order valence-electron chi connectivity index (χ0n) is 9.23. The summed E-state index contributed by atoms with van der Waals surface area (Å²) in [7, 11) is -3.24. The van der Waals surface area contributed by atoms with Crippen molar-refractivity contribution in [3.63, 3.8) is 0 Å². The summed E-state index contributed by atoms with van der Waals surface area (Å²) >= 11 is 6.47. The molecule has 2 heterocycles. The highest BCUT2D eigenvalue weighted by atomic mass is 35.5. The lowest BCUT2D eigenvalue weighted by molar-refractivity contribution is 0.0731. The van der Waals surface area contributed by atoms with Gasteiger partial charge in [0.25, 0.3) is 0 Å². The van der Waals surface area contributed by atoms with Gasteiger partial charge in [-0.2, -0.15) is 0 Å². The molecular formula is C10H14ClNO3S. The number of hydrogen-bond donors (Lipinski definition) is 0. The topological polar surface area (TPSA) is 49.7 Å². The third kappa shape index (κ3) is 0.656. The number of rotatable bonds is 0. The van der Waals surface area contributed by atoms with Gasteiger partial charge in [0.2, 0.25) is 15.7 Å². The maximum atomic E-state index is 12.0. The molecular weight excluding hydrogens is 250 g/mol. The summed E-state index contributed by atoms with van der Waals surface area (Å²) in [4.78, 5) is 5.47. The minimum Gasteiger partial charge on any atom is -0.253 e. The Morgan fingerprint density at radius 3 is 2.69 bits per heavy atom. The molecule has 2 aliphatic heterocycles. The molecule has 2 saturated heterocycles. The Hall–Kier alpha value is 0.160. The Bertz CT molecular complexity index is 504. The minimum atomic E-state index is -3.24. The molecule has 4 nitrogen and oxygen atoms in total. The summed E-state index contributed by atoms with van der Waals surface area (Å²) in [6.07, 6.45) is 1.94. The van der Waals surface area contributed by atoms with Gasteiger partial charge in [-0.1, -0.05) is 13.8 Å². The highest BCUT2D eigenvalue weighted by molar-refractivity contribution is 7.89. The fraction of sp³-hybridized carbons (Fsp3) is 1.00. The maximum absolute atomic E-state index is 12.0. The summed E-state index contributed by atoms with van der Waals surface area (Å²) in [5, 5.41) is -0.187. The molecule has 6 heteroatoms. The van der Waals surface area contributed by atoms with Crippen LogP contribution in [0.3, 0.4) is 0 Å². The fourth-order valence-electron chi connectivity index (χ4n) is 4.64. The number of sulfonamides is 1. The van der Waals surface area contributed by atoms with Gasteiger partial charge < -0.3 is 0 Å². The second-order valence-corrected chi connectivity index (χ2v) is 8.38. The number of nitrogens with zero attached hydrogens (tertiary/aromatic N) is 1. The summed E-state index contributed by atoms with van der Waals surface area (Å²) < 4.78 is 25.1. The van der Waals surface area contributed by atoms with Gasteiger partial charge in [-0.05, 0) is 28.6 Å². The maximum Gasteiger partial charge on any atom is 0.239 e. The molecule has 0 amide bonds. The van der Waals surface area contributed by atoms with Gasteiger partial charge in [-0.25, -0.2) is 8.42 Å². The van der Waals surface area contributed by atoms with Crippen LogP contribution in [0.2, 0.25) is 0 Å². The van der Waals surface area contributed by atoms with E-state index in [0.717, 1.165) is 12.8 Å². The van der Waals surface area contributed by atoms with Gasteiger partial charge in [0.15, 0.2) is 0 Å². The normalized spacial score (nSPS) is 63.1. The zero-order chi connectivity index (χ0) is 11.6. The van der Waals surface area contributed by atoms with Crippen LogP contribution >= 0.6 is 11.6 Å². The van der Waals surface area contributed by atoms with Crippen molar-refractivity contribution in [3.05, 3.63) is 0 Å². The van der Waals surface area contributed by atoms with Crippen LogP contribution in [-0.2, 0) is 14.9 Å². The van der Waals surface area contributed by atoms with Crippen molar-refractivity contribution in [2.45, 2.75) is 37.8 Å². The summed E-state index contributed by atoms with van der Waals surface area (Å²) in [6.45, 7) is 4.30. The molecule has 4 fully saturated rings. The number of hydroxylamine groups is 1. The summed E-state index contributed by atoms with van der Waals surface area (Å²) in [5.41, 5.74) is -1.02. The predicted octanol–water partition coefficient (Wildman–Crippen LogP) is 1.32. The molecule has 0 N–H and O–H groups in total. The standard InChI is InChI=1S/C10H14ClNO3S/c1-8(2)6-3-4-9(8)5-16(13,14)12-10(9,15-12)7(6)11/h6-7H,3-5H2,1-2H3/t6-,7+,9+,10+,12?/m1/s1. The van der Waals surface area contributed by atoms with Gasteiger partial charge in [0.05, 0.1) is 11.1 Å². The molecule has 5 atom stereocenters. The smallest absolute Gasteiger partial charge is 0.239 e. The third-order valence-corrected chi connectivity index (χ3v) is 7.91. The second-order valence-electron chi connectivity index (χ2n) is 6.12. The number of fused-ring (bicyclic) bond motifs is 1. The monoisotopic (exact) mass is 263 g/mol. The SMILES string of the molecule is CC1(C)[C@@H]2CC[C@]13CS(=O)(=O)N1O[C@]13[C@H]2Cl. The van der Waals surface area contributed by atoms with E-state index < -0.39 is 15.7 Å². The lowest BCUT2D eigenvalue weighted by Gasteiger charge is -2.35. The first-order valence-electron chi connectivity index (χ1n) is 5.66. The van der Waals surface area contributed by atoms with E-state index in [1.807, 2.05) is 0 Å². The van der Waals surface area contributed by atoms with Gasteiger partial charge in [0, 0.05) is 5.41 Å². The Morgan fingerprint density at radius 1 is 1.44 bits per heavy atom. The largest absolute Gasteiger partial charge is 0.253 e. The number of hydrogen-bond acceptors (Lipinski definition) is 3. The lowest BCUT2D eigenvalue weighted by atomic mass is 9.68. The van der Waals surface area contributed by atoms with Gasteiger partial charge in [-0.15, -0.1) is 11.6 Å². The molecule has 0 aromatic carbocycles. The van der Waals surface area contributed by atoms with Crippen molar-refractivity contribution in [3.8, 4) is 0 Å². The molecule has 2 bridgehead atoms. The molecule has 0 aromatic heterocycles. The quantitative estimate of drug-likeness (QED) is 0.489. The molecule has 90 valence electrons. The Labute approximate surface area is 99.9 Å². The van der Waals surface area contributed by atoms with Crippen molar-refractivity contribution in [1.82, 2.24) is 4.47 Å². The van der Waals surface area contributed by atoms with E-state index >= 15 is 0 Å². The van der Waals surface area contributed by atoms with Crippen LogP contribution in [0.4, 0.5) is 0 Å². The first-order valence-corrected chi connectivity index (χ1v) is 7.70. The van der Waals surface area contributed by atoms with E-state index in [4.69, 9.17) is 16.4 Å². The van der Waals surface area contributed by atoms with Crippen LogP contribution in [0.5, 0.6) is 0 Å². The average molecular weight is 264 g/mol. The van der Waals surface area contributed by atoms with Crippen molar-refractivity contribution >= 4 is 21.6 Å². The first kappa shape index (κ1) is 10.1. The summed E-state index contributed by atoms with van der Waals surface area (Å²) in [6, 6.07) is 0. The van der Waals surface area contributed by atoms with E-state index in [-0.39, 0.29) is 22.0 Å². The average Bonchev–Trinajstić information content (AvgIpc) is 2.77. The first-order chi connectivity index (χ1) is 7.30. The van der Waals surface area contributed by atoms with Crippen LogP contribution < -0.4 is 0 Å². The summed E-state index contributed by atoms with van der Waals surface area (Å²) in [5.74, 6) is 0.585. The lowest BCUT2D eigenvalue weighted by Crippen LogP contribution is -2.44. The van der Waals surface area contributed by atoms with Crippen molar-refractivity contribution in [1.29, 1.82) is 0 Å². The van der Waals surface area contributed by atoms with Crippen molar-refractivity contribution in [2.24, 2.45) is 16.7 Å². The van der Waals surface area contributed by atoms with Gasteiger partial charge in [-0.3, -0.25) is 4.84 Å². The van der Waals surface area contributed by atoms with Gasteiger partial charge >= 0.3 is 0 Å². The van der Waals surface area contributed by atoms with E-state index in [2.05, 4.69) is 13.8 Å². The molecule has 2 aliphatic carbocycles. The number of halogens is 1. The van der Waals surface area contributed by atoms with Crippen LogP contribution in [0, 0.1) is 16.7 Å². The molecule has 1 unspecified atom stereocenters. The Morgan fingerprint density at radius 2 is 2.12 bits per heavy atom. The molecule has 2 spiro atoms. The molecule has 0 radical (unpaired) electrons. The van der Waals surface area contributed by atoms with E-state index in [1.165, 1.54) is 4.47 Å². The molecule has 2 saturated carbocycles. The van der Waals surface area contributed by atoms with Gasteiger partial charge in [0.1, 0.15) is 0 Å². The molecule has 4 rings (SSSR count). The van der Waals surface area contributed by atoms with Crippen LogP contribution in [-0.4, -0.2) is 29.7 Å². The van der Waals surface area contributed by atoms with Crippen LogP contribution in [0.25, 0.3) is 0 Å². The predicted molar refractivity (Wildman–Crippen MR) is 58.0 cm³/mol. The highest BCUT2D eigenvalue weighted by Crippen LogP contribution is 2.81. The number of alkyl halides is 1. The fourth-order valence-corrected chi connectivity index (χ4v) is 7.87. The third-order valence-electron chi connectivity index (χ3n) is 5.60. The van der Waals surface area contributed by atoms with Crippen LogP contribution in [0.15, 0.2) is 0 Å². The second kappa shape index (κ2) is 2.20. The van der Waals surface area contributed by atoms with Crippen molar-refractivity contribution in [2.75, 3.05) is 5.75 Å². The highest BCUT2D eigenvalue weighted by Gasteiger charge is 2.92. The minimum absolute atomic E-state index is 0.0439. The van der Waals surface area contributed by atoms with E-state index in [0.29, 0.717) is 5.92 Å². The van der Waals surface area contributed by atoms with Crippen LogP contribution in [0.1, 0.15) is 26.7 Å². The molecule has 16 heavy (non-hydrogen) atoms. The Balaban J connectivity index is 2.01. The van der Waals surface area contributed by atoms with Crippen molar-refractivity contribution < 1.29 is 13.3 Å².